The van der Waals surface area contributed by atoms with Gasteiger partial charge in [0.2, 0.25) is 0 Å². The number of alkyl halides is 6. The van der Waals surface area contributed by atoms with Crippen LogP contribution < -0.4 is 0 Å². The Morgan fingerprint density at radius 2 is 1.35 bits per heavy atom. The molecule has 0 fully saturated rings. The Morgan fingerprint density at radius 3 is 1.94 bits per heavy atom. The molecule has 8 bridgehead atoms. The van der Waals surface area contributed by atoms with E-state index < -0.39 is 53.3 Å². The van der Waals surface area contributed by atoms with Gasteiger partial charge in [0.05, 0.1) is 56.9 Å². The molecule has 0 aliphatic carbocycles. The third-order valence-electron chi connectivity index (χ3n) is 10.9. The number of hydrogen-bond donors (Lipinski definition) is 2. The molecule has 3 aliphatic rings. The first-order valence-electron chi connectivity index (χ1n) is 17.3. The molecule has 8 nitrogen and oxygen atoms in total. The van der Waals surface area contributed by atoms with Gasteiger partial charge in [-0.1, -0.05) is 20.8 Å². The Morgan fingerprint density at radius 1 is 0.759 bits per heavy atom. The van der Waals surface area contributed by atoms with Crippen molar-refractivity contribution < 1.29 is 40.7 Å². The summed E-state index contributed by atoms with van der Waals surface area (Å²) in [5.74, 6) is -2.66. The Bertz CT molecular complexity index is 2510. The minimum Gasteiger partial charge on any atom is -0.355 e. The number of nitrogens with one attached hydrogen (secondary N) is 2. The molecule has 54 heavy (non-hydrogen) atoms. The molecule has 3 aromatic heterocycles. The third kappa shape index (κ3) is 5.82. The van der Waals surface area contributed by atoms with Crippen molar-refractivity contribution in [3.05, 3.63) is 104 Å². The monoisotopic (exact) mass is 747 g/mol. The van der Waals surface area contributed by atoms with Crippen LogP contribution in [0.5, 0.6) is 0 Å². The molecule has 0 saturated heterocycles. The average molecular weight is 748 g/mol. The van der Waals surface area contributed by atoms with Crippen LogP contribution in [0.4, 0.5) is 26.3 Å². The summed E-state index contributed by atoms with van der Waals surface area (Å²) in [6, 6.07) is 6.40. The smallest absolute Gasteiger partial charge is 0.355 e. The maximum absolute atomic E-state index is 14.6. The molecule has 0 radical (unpaired) electrons. The number of imide groups is 1. The summed E-state index contributed by atoms with van der Waals surface area (Å²) in [4.78, 5) is 58.9. The summed E-state index contributed by atoms with van der Waals surface area (Å²) in [6.45, 7) is 11.7. The fraction of sp³-hybridized carbons (Fsp3) is 0.325. The van der Waals surface area contributed by atoms with Crippen molar-refractivity contribution in [2.24, 2.45) is 0 Å². The number of nitrogens with zero attached hydrogens (tertiary/aromatic N) is 3. The van der Waals surface area contributed by atoms with Gasteiger partial charge in [0.1, 0.15) is 0 Å². The second-order valence-electron chi connectivity index (χ2n) is 14.2. The summed E-state index contributed by atoms with van der Waals surface area (Å²) in [7, 11) is 0. The van der Waals surface area contributed by atoms with Crippen molar-refractivity contribution in [1.29, 1.82) is 0 Å². The van der Waals surface area contributed by atoms with Gasteiger partial charge in [-0.25, -0.2) is 4.98 Å². The molecule has 280 valence electrons. The van der Waals surface area contributed by atoms with Crippen molar-refractivity contribution in [2.45, 2.75) is 85.6 Å². The number of ketones is 1. The number of benzene rings is 1. The van der Waals surface area contributed by atoms with Crippen LogP contribution in [-0.4, -0.2) is 42.4 Å². The Hall–Kier alpha value is -5.53. The number of carbonyl (C=O) groups is 3. The molecule has 7 rings (SSSR count). The zero-order chi connectivity index (χ0) is 39.3. The molecular weight excluding hydrogens is 712 g/mol. The number of aromatic amines is 2. The van der Waals surface area contributed by atoms with Crippen LogP contribution in [0.3, 0.4) is 0 Å². The van der Waals surface area contributed by atoms with E-state index in [0.717, 1.165) is 11.1 Å². The lowest BCUT2D eigenvalue weighted by molar-refractivity contribution is -0.143. The highest BCUT2D eigenvalue weighted by Gasteiger charge is 2.41. The predicted octanol–water partition coefficient (Wildman–Crippen LogP) is 10.2. The van der Waals surface area contributed by atoms with E-state index >= 15 is 0 Å². The Balaban J connectivity index is 1.56. The van der Waals surface area contributed by atoms with Crippen LogP contribution in [0, 0.1) is 13.8 Å². The van der Waals surface area contributed by atoms with E-state index in [4.69, 9.17) is 9.97 Å². The van der Waals surface area contributed by atoms with E-state index in [-0.39, 0.29) is 34.4 Å². The normalized spacial score (nSPS) is 17.5. The average Bonchev–Trinajstić information content (AvgIpc) is 3.76. The van der Waals surface area contributed by atoms with Crippen molar-refractivity contribution in [2.75, 3.05) is 0 Å². The van der Waals surface area contributed by atoms with Crippen molar-refractivity contribution >= 4 is 50.8 Å². The number of amides is 2. The Kier molecular flexibility index (Phi) is 8.54. The molecule has 2 amide bonds. The van der Waals surface area contributed by atoms with E-state index in [1.165, 1.54) is 6.92 Å². The van der Waals surface area contributed by atoms with Crippen LogP contribution in [0.15, 0.2) is 36.4 Å². The van der Waals surface area contributed by atoms with Crippen LogP contribution >= 0.6 is 0 Å². The van der Waals surface area contributed by atoms with Crippen LogP contribution in [0.25, 0.3) is 33.2 Å². The zero-order valence-corrected chi connectivity index (χ0v) is 30.4. The number of H-pyrrole nitrogens is 2. The van der Waals surface area contributed by atoms with Gasteiger partial charge in [-0.2, -0.15) is 26.3 Å². The Labute approximate surface area is 305 Å². The number of hydrogen-bond acceptors (Lipinski definition) is 5. The number of aromatic nitrogens is 4. The molecule has 6 heterocycles. The molecule has 1 aromatic carbocycles. The number of Topliss-reactive ketones (excluding diaryl/α,β-unsaturated/α-hetero) is 1. The van der Waals surface area contributed by atoms with Gasteiger partial charge in [0.25, 0.3) is 11.8 Å². The molecule has 14 heteroatoms. The van der Waals surface area contributed by atoms with Gasteiger partial charge in [0.15, 0.2) is 5.78 Å². The minimum absolute atomic E-state index is 0.0000426. The lowest BCUT2D eigenvalue weighted by Crippen LogP contribution is -2.40. The highest BCUT2D eigenvalue weighted by molar-refractivity contribution is 6.23. The fourth-order valence-electron chi connectivity index (χ4n) is 7.74. The van der Waals surface area contributed by atoms with E-state index in [2.05, 4.69) is 9.97 Å². The van der Waals surface area contributed by atoms with Crippen LogP contribution in [0.1, 0.15) is 135 Å². The number of fused-ring (bicyclic) bond motifs is 8. The highest BCUT2D eigenvalue weighted by atomic mass is 19.4. The van der Waals surface area contributed by atoms with Crippen LogP contribution in [0.2, 0.25) is 0 Å². The maximum atomic E-state index is 14.6. The molecule has 0 spiro atoms. The van der Waals surface area contributed by atoms with E-state index in [9.17, 15) is 40.7 Å². The number of allylic oxidation sites excluding steroid dienone is 2. The summed E-state index contributed by atoms with van der Waals surface area (Å²) < 4.78 is 82.9. The van der Waals surface area contributed by atoms with Gasteiger partial charge in [-0.05, 0) is 98.4 Å². The van der Waals surface area contributed by atoms with Crippen molar-refractivity contribution in [3.8, 4) is 0 Å². The van der Waals surface area contributed by atoms with E-state index in [1.807, 2.05) is 40.7 Å². The minimum atomic E-state index is -5.13. The quantitative estimate of drug-likeness (QED) is 0.123. The molecular formula is C40H35F6N5O3. The van der Waals surface area contributed by atoms with E-state index in [0.29, 0.717) is 79.5 Å². The molecule has 3 aliphatic heterocycles. The lowest BCUT2D eigenvalue weighted by atomic mass is 9.89. The zero-order valence-electron chi connectivity index (χ0n) is 30.4. The van der Waals surface area contributed by atoms with Crippen molar-refractivity contribution in [3.63, 3.8) is 0 Å². The standard InChI is InChI=1S/C40H35F6N5O3/c1-8-25-18(4)27-14-31-32(21(7)52)19(5)28(48-31)12-26-16(2)17(3)35(49-26)34-36-33(20(6)29(50-36)13-30(25)47-27)37(53)51(38(34)54)15-22-9-23(39(41,42)43)11-24(10-22)40(44,45)46/h9-14,16-17,48,50H,8,15H2,1-7H3/t16-,17?/m0/s1. The van der Waals surface area contributed by atoms with Gasteiger partial charge in [-0.3, -0.25) is 24.3 Å². The summed E-state index contributed by atoms with van der Waals surface area (Å²) in [6.07, 6.45) is -9.67. The molecule has 1 unspecified atom stereocenters. The molecule has 4 aromatic rings. The van der Waals surface area contributed by atoms with Gasteiger partial charge in [-0.15, -0.1) is 0 Å². The number of carbonyl (C=O) groups excluding carboxylic acids is 3. The van der Waals surface area contributed by atoms with Gasteiger partial charge in [0, 0.05) is 34.1 Å². The second kappa shape index (κ2) is 12.5. The predicted molar refractivity (Wildman–Crippen MR) is 191 cm³/mol. The topological polar surface area (TPSA) is 112 Å². The molecule has 2 atom stereocenters. The summed E-state index contributed by atoms with van der Waals surface area (Å²) in [5, 5.41) is 0. The summed E-state index contributed by atoms with van der Waals surface area (Å²) in [5.41, 5.74) is 3.55. The summed E-state index contributed by atoms with van der Waals surface area (Å²) >= 11 is 0. The lowest BCUT2D eigenvalue weighted by Gasteiger charge is -2.27. The first-order valence-corrected chi connectivity index (χ1v) is 17.3. The van der Waals surface area contributed by atoms with Crippen LogP contribution in [-0.2, 0) is 18.9 Å². The first kappa shape index (κ1) is 36.8. The largest absolute Gasteiger partial charge is 0.416 e. The van der Waals surface area contributed by atoms with Gasteiger partial charge >= 0.3 is 12.4 Å². The van der Waals surface area contributed by atoms with Crippen molar-refractivity contribution in [1.82, 2.24) is 24.8 Å². The maximum Gasteiger partial charge on any atom is 0.416 e. The first-order chi connectivity index (χ1) is 25.2. The molecule has 2 N–H and O–H groups in total. The third-order valence-corrected chi connectivity index (χ3v) is 10.9. The highest BCUT2D eigenvalue weighted by Crippen LogP contribution is 2.43. The van der Waals surface area contributed by atoms with Gasteiger partial charge < -0.3 is 9.97 Å². The number of halogens is 6. The second-order valence-corrected chi connectivity index (χ2v) is 14.2. The van der Waals surface area contributed by atoms with E-state index in [1.54, 1.807) is 19.1 Å². The fourth-order valence-corrected chi connectivity index (χ4v) is 7.74. The SMILES string of the molecule is CCC1=C(C)c2cc3[nH]c(cc4nc(c5c6[nH]c(cc1n2)c(C)c6C(=O)N(Cc1cc(C(F)(F)F)cc(C(F)(F)F)c1)C5=O)C(C)[C@@H]4C)c(C)c3C(C)=O. The molecule has 0 saturated carbocycles. The number of rotatable bonds is 4. The number of aryl methyl sites for hydroxylation is 2.